The third-order valence-electron chi connectivity index (χ3n) is 6.64. The lowest BCUT2D eigenvalue weighted by atomic mass is 10.1. The Morgan fingerprint density at radius 2 is 1.58 bits per heavy atom. The normalized spacial score (nSPS) is 11.9. The molecule has 5 aromatic rings. The van der Waals surface area contributed by atoms with Crippen molar-refractivity contribution in [2.45, 2.75) is 44.0 Å². The largest absolute Gasteiger partial charge is 0.305 e. The number of fused-ring (bicyclic) bond motifs is 2. The number of nitrogens with zero attached hydrogens (tertiary/aromatic N) is 3. The Balaban J connectivity index is 1.88. The van der Waals surface area contributed by atoms with Gasteiger partial charge in [-0.15, -0.1) is 0 Å². The highest BCUT2D eigenvalue weighted by Gasteiger charge is 2.25. The zero-order valence-corrected chi connectivity index (χ0v) is 21.3. The molecule has 0 saturated heterocycles. The number of aryl methyl sites for hydroxylation is 4. The van der Waals surface area contributed by atoms with Gasteiger partial charge in [-0.25, -0.2) is 13.4 Å². The van der Waals surface area contributed by atoms with Crippen molar-refractivity contribution >= 4 is 26.5 Å². The lowest BCUT2D eigenvalue weighted by molar-refractivity contribution is 0.591. The monoisotopic (exact) mass is 498 g/mol. The Morgan fingerprint density at radius 1 is 0.861 bits per heavy atom. The number of benzene rings is 2. The first kappa shape index (κ1) is 23.7. The molecule has 182 valence electrons. The van der Waals surface area contributed by atoms with Crippen molar-refractivity contribution in [3.63, 3.8) is 0 Å². The van der Waals surface area contributed by atoms with Crippen LogP contribution < -0.4 is 11.0 Å². The second-order valence-electron chi connectivity index (χ2n) is 9.22. The second-order valence-corrected chi connectivity index (χ2v) is 11.1. The molecule has 0 spiro atoms. The molecule has 5 rings (SSSR count). The molecule has 0 aliphatic carbocycles. The van der Waals surface area contributed by atoms with Gasteiger partial charge < -0.3 is 4.57 Å². The van der Waals surface area contributed by atoms with Gasteiger partial charge in [-0.05, 0) is 74.2 Å². The summed E-state index contributed by atoms with van der Waals surface area (Å²) in [5.41, 5.74) is 4.71. The van der Waals surface area contributed by atoms with Gasteiger partial charge in [-0.3, -0.25) is 14.6 Å². The van der Waals surface area contributed by atoms with Crippen molar-refractivity contribution in [3.05, 3.63) is 111 Å². The molecule has 0 unspecified atom stereocenters. The number of rotatable bonds is 4. The summed E-state index contributed by atoms with van der Waals surface area (Å²) in [5, 5.41) is 9.13. The van der Waals surface area contributed by atoms with Crippen molar-refractivity contribution in [1.29, 1.82) is 5.41 Å². The zero-order valence-electron chi connectivity index (χ0n) is 20.5. The fourth-order valence-electron chi connectivity index (χ4n) is 4.31. The standard InChI is InChI=1S/C28H26N4O3S/c1-17-7-10-21(11-8-17)16-32-25(29)24(36(34,35)22-12-9-18(2)20(4)14-22)15-23-27(32)30-26-19(3)6-5-13-31(26)28(23)33/h5-15,29H,16H2,1-4H3. The number of hydrogen-bond acceptors (Lipinski definition) is 5. The minimum Gasteiger partial charge on any atom is -0.305 e. The van der Waals surface area contributed by atoms with E-state index in [1.54, 1.807) is 30.5 Å². The molecule has 3 aromatic heterocycles. The van der Waals surface area contributed by atoms with Gasteiger partial charge in [0.1, 0.15) is 21.7 Å². The van der Waals surface area contributed by atoms with Gasteiger partial charge in [0.05, 0.1) is 16.8 Å². The van der Waals surface area contributed by atoms with Crippen LogP contribution in [0.3, 0.4) is 0 Å². The van der Waals surface area contributed by atoms with Gasteiger partial charge in [-0.1, -0.05) is 42.0 Å². The molecule has 0 fully saturated rings. The van der Waals surface area contributed by atoms with Crippen molar-refractivity contribution in [2.75, 3.05) is 0 Å². The van der Waals surface area contributed by atoms with E-state index >= 15 is 0 Å². The molecule has 0 radical (unpaired) electrons. The maximum atomic E-state index is 13.8. The van der Waals surface area contributed by atoms with Crippen molar-refractivity contribution in [3.8, 4) is 0 Å². The number of aromatic nitrogens is 3. The molecule has 8 heteroatoms. The van der Waals surface area contributed by atoms with Crippen LogP contribution in [0, 0.1) is 33.1 Å². The Hall–Kier alpha value is -4.04. The van der Waals surface area contributed by atoms with Crippen LogP contribution in [0.2, 0.25) is 0 Å². The summed E-state index contributed by atoms with van der Waals surface area (Å²) in [7, 11) is -4.08. The molecule has 1 N–H and O–H groups in total. The first-order chi connectivity index (χ1) is 17.1. The van der Waals surface area contributed by atoms with E-state index in [1.807, 2.05) is 58.0 Å². The quantitative estimate of drug-likeness (QED) is 0.375. The molecule has 0 bridgehead atoms. The third kappa shape index (κ3) is 3.83. The Morgan fingerprint density at radius 3 is 2.28 bits per heavy atom. The molecule has 36 heavy (non-hydrogen) atoms. The van der Waals surface area contributed by atoms with Crippen LogP contribution in [0.25, 0.3) is 16.7 Å². The van der Waals surface area contributed by atoms with Gasteiger partial charge in [-0.2, -0.15) is 0 Å². The molecule has 0 aliphatic heterocycles. The summed E-state index contributed by atoms with van der Waals surface area (Å²) in [6, 6.07) is 17.6. The highest BCUT2D eigenvalue weighted by Crippen LogP contribution is 2.23. The predicted molar refractivity (Wildman–Crippen MR) is 139 cm³/mol. The summed E-state index contributed by atoms with van der Waals surface area (Å²) in [4.78, 5) is 18.2. The number of nitrogens with one attached hydrogen (secondary N) is 1. The third-order valence-corrected chi connectivity index (χ3v) is 8.40. The fraction of sp³-hybridized carbons (Fsp3) is 0.179. The molecule has 3 heterocycles. The Bertz CT molecular complexity index is 1900. The maximum Gasteiger partial charge on any atom is 0.267 e. The second kappa shape index (κ2) is 8.57. The highest BCUT2D eigenvalue weighted by molar-refractivity contribution is 7.91. The molecule has 7 nitrogen and oxygen atoms in total. The molecular formula is C28H26N4O3S. The van der Waals surface area contributed by atoms with Crippen molar-refractivity contribution < 1.29 is 8.42 Å². The van der Waals surface area contributed by atoms with Crippen molar-refractivity contribution in [1.82, 2.24) is 14.0 Å². The van der Waals surface area contributed by atoms with Gasteiger partial charge >= 0.3 is 0 Å². The van der Waals surface area contributed by atoms with E-state index in [0.29, 0.717) is 5.65 Å². The molecular weight excluding hydrogens is 472 g/mol. The first-order valence-electron chi connectivity index (χ1n) is 11.6. The van der Waals surface area contributed by atoms with E-state index in [1.165, 1.54) is 15.0 Å². The summed E-state index contributed by atoms with van der Waals surface area (Å²) >= 11 is 0. The lowest BCUT2D eigenvalue weighted by Crippen LogP contribution is -2.30. The van der Waals surface area contributed by atoms with E-state index in [-0.39, 0.29) is 38.4 Å². The minimum atomic E-state index is -4.08. The van der Waals surface area contributed by atoms with Gasteiger partial charge in [0.25, 0.3) is 5.56 Å². The average Bonchev–Trinajstić information content (AvgIpc) is 2.84. The van der Waals surface area contributed by atoms with E-state index in [2.05, 4.69) is 0 Å². The van der Waals surface area contributed by atoms with E-state index in [4.69, 9.17) is 10.4 Å². The number of pyridine rings is 2. The van der Waals surface area contributed by atoms with Crippen LogP contribution in [0.4, 0.5) is 0 Å². The average molecular weight is 499 g/mol. The number of hydrogen-bond donors (Lipinski definition) is 1. The maximum absolute atomic E-state index is 13.8. The minimum absolute atomic E-state index is 0.0880. The van der Waals surface area contributed by atoms with E-state index in [9.17, 15) is 13.2 Å². The van der Waals surface area contributed by atoms with Crippen LogP contribution in [0.5, 0.6) is 0 Å². The van der Waals surface area contributed by atoms with Crippen LogP contribution >= 0.6 is 0 Å². The number of sulfone groups is 1. The topological polar surface area (TPSA) is 97.3 Å². The summed E-state index contributed by atoms with van der Waals surface area (Å²) in [6.07, 6.45) is 1.62. The molecule has 0 amide bonds. The lowest BCUT2D eigenvalue weighted by Gasteiger charge is -2.16. The van der Waals surface area contributed by atoms with E-state index < -0.39 is 9.84 Å². The zero-order chi connectivity index (χ0) is 25.8. The van der Waals surface area contributed by atoms with Crippen LogP contribution in [-0.4, -0.2) is 22.4 Å². The molecule has 0 saturated carbocycles. The first-order valence-corrected chi connectivity index (χ1v) is 13.0. The van der Waals surface area contributed by atoms with Crippen LogP contribution in [0.15, 0.2) is 81.4 Å². The molecule has 0 atom stereocenters. The van der Waals surface area contributed by atoms with Crippen molar-refractivity contribution in [2.24, 2.45) is 0 Å². The Kier molecular flexibility index (Phi) is 5.64. The van der Waals surface area contributed by atoms with Gasteiger partial charge in [0.15, 0.2) is 0 Å². The molecule has 2 aromatic carbocycles. The van der Waals surface area contributed by atoms with Gasteiger partial charge in [0, 0.05) is 6.20 Å². The van der Waals surface area contributed by atoms with Crippen LogP contribution in [0.1, 0.15) is 27.8 Å². The van der Waals surface area contributed by atoms with E-state index in [0.717, 1.165) is 27.8 Å². The van der Waals surface area contributed by atoms with Crippen LogP contribution in [-0.2, 0) is 16.4 Å². The summed E-state index contributed by atoms with van der Waals surface area (Å²) < 4.78 is 30.5. The predicted octanol–water partition coefficient (Wildman–Crippen LogP) is 4.24. The Labute approximate surface area is 208 Å². The highest BCUT2D eigenvalue weighted by atomic mass is 32.2. The smallest absolute Gasteiger partial charge is 0.267 e. The SMILES string of the molecule is Cc1ccc(Cn2c(=N)c(S(=O)(=O)c3ccc(C)c(C)c3)cc3c(=O)n4cccc(C)c4nc32)cc1. The summed E-state index contributed by atoms with van der Waals surface area (Å²) in [5.74, 6) is 0. The summed E-state index contributed by atoms with van der Waals surface area (Å²) in [6.45, 7) is 7.79. The van der Waals surface area contributed by atoms with Gasteiger partial charge in [0.2, 0.25) is 9.84 Å². The fourth-order valence-corrected chi connectivity index (χ4v) is 5.78. The molecule has 0 aliphatic rings.